The molecule has 42 heavy (non-hydrogen) atoms. The Balaban J connectivity index is 1.19. The molecule has 6 nitrogen and oxygen atoms in total. The van der Waals surface area contributed by atoms with E-state index in [1.807, 2.05) is 0 Å². The van der Waals surface area contributed by atoms with E-state index >= 15 is 0 Å². The fraction of sp³-hybridized carbons (Fsp3) is 0.414. The number of halogens is 6. The van der Waals surface area contributed by atoms with Gasteiger partial charge in [-0.2, -0.15) is 31.4 Å². The predicted molar refractivity (Wildman–Crippen MR) is 145 cm³/mol. The molecule has 0 saturated carbocycles. The number of benzene rings is 2. The van der Waals surface area contributed by atoms with Crippen LogP contribution >= 0.6 is 11.8 Å². The standard InChI is InChI=1S/C29H26F6N4O2S/c30-28(31,32)21-6-5-19(23(12-21)29(33,34)35)16-39-24-8-4-17(10-20(24)13-36-39)11-25-26(40)38(27(41)42-25)15-18-3-7-22-2-1-9-37(22)14-18/h4-6,8,10-13,18,22H,1-3,7,9,14-16H2/t18-,22+/m1/s1. The molecule has 3 aliphatic heterocycles. The SMILES string of the molecule is O=C1SC(=Cc2ccc3c(cnn3Cc3ccc(C(F)(F)F)cc3C(F)(F)F)c2)C(=O)N1C[C@@H]1CC[C@@H]2CCCN2C1. The molecule has 0 radical (unpaired) electrons. The number of rotatable bonds is 5. The predicted octanol–water partition coefficient (Wildman–Crippen LogP) is 7.03. The van der Waals surface area contributed by atoms with Gasteiger partial charge in [0.05, 0.1) is 34.3 Å². The number of hydrogen-bond acceptors (Lipinski definition) is 5. The lowest BCUT2D eigenvalue weighted by Gasteiger charge is -2.36. The molecule has 222 valence electrons. The lowest BCUT2D eigenvalue weighted by Crippen LogP contribution is -2.44. The van der Waals surface area contributed by atoms with Gasteiger partial charge in [0.2, 0.25) is 0 Å². The van der Waals surface area contributed by atoms with Gasteiger partial charge in [-0.25, -0.2) is 0 Å². The van der Waals surface area contributed by atoms with Gasteiger partial charge in [-0.3, -0.25) is 19.2 Å². The summed E-state index contributed by atoms with van der Waals surface area (Å²) in [5.74, 6) is -0.0942. The molecule has 6 rings (SSSR count). The smallest absolute Gasteiger partial charge is 0.300 e. The second-order valence-corrected chi connectivity index (χ2v) is 12.0. The van der Waals surface area contributed by atoms with Crippen molar-refractivity contribution in [2.24, 2.45) is 5.92 Å². The minimum absolute atomic E-state index is 0.115. The molecule has 3 saturated heterocycles. The summed E-state index contributed by atoms with van der Waals surface area (Å²) in [6.45, 7) is 1.95. The summed E-state index contributed by atoms with van der Waals surface area (Å²) >= 11 is 0.881. The molecule has 2 aromatic carbocycles. The van der Waals surface area contributed by atoms with Crippen molar-refractivity contribution in [3.05, 3.63) is 69.8 Å². The van der Waals surface area contributed by atoms with Crippen molar-refractivity contribution in [2.75, 3.05) is 19.6 Å². The molecule has 2 amide bonds. The van der Waals surface area contributed by atoms with E-state index in [4.69, 9.17) is 0 Å². The van der Waals surface area contributed by atoms with Crippen LogP contribution in [0.5, 0.6) is 0 Å². The van der Waals surface area contributed by atoms with Crippen LogP contribution in [0.3, 0.4) is 0 Å². The van der Waals surface area contributed by atoms with Gasteiger partial charge in [0.15, 0.2) is 0 Å². The Hall–Kier alpha value is -3.32. The number of fused-ring (bicyclic) bond motifs is 2. The van der Waals surface area contributed by atoms with Crippen LogP contribution in [-0.2, 0) is 23.7 Å². The van der Waals surface area contributed by atoms with Crippen LogP contribution in [0.25, 0.3) is 17.0 Å². The highest BCUT2D eigenvalue weighted by molar-refractivity contribution is 8.18. The fourth-order valence-electron chi connectivity index (χ4n) is 6.17. The second-order valence-electron chi connectivity index (χ2n) is 11.0. The number of piperidine rings is 1. The normalized spacial score (nSPS) is 23.0. The minimum atomic E-state index is -4.98. The van der Waals surface area contributed by atoms with Crippen molar-refractivity contribution < 1.29 is 35.9 Å². The summed E-state index contributed by atoms with van der Waals surface area (Å²) in [5, 5.41) is 4.41. The average molecular weight is 609 g/mol. The summed E-state index contributed by atoms with van der Waals surface area (Å²) in [6, 6.07) is 7.14. The van der Waals surface area contributed by atoms with Crippen LogP contribution in [0.1, 0.15) is 47.9 Å². The average Bonchev–Trinajstić information content (AvgIpc) is 3.62. The lowest BCUT2D eigenvalue weighted by atomic mass is 9.93. The Morgan fingerprint density at radius 1 is 0.976 bits per heavy atom. The van der Waals surface area contributed by atoms with E-state index in [1.165, 1.54) is 28.6 Å². The summed E-state index contributed by atoms with van der Waals surface area (Å²) in [5.41, 5.74) is -2.03. The van der Waals surface area contributed by atoms with Gasteiger partial charge in [-0.1, -0.05) is 12.1 Å². The molecular formula is C29H26F6N4O2S. The van der Waals surface area contributed by atoms with E-state index in [-0.39, 0.29) is 28.7 Å². The minimum Gasteiger partial charge on any atom is -0.300 e. The molecule has 0 aliphatic carbocycles. The molecule has 3 fully saturated rings. The number of amides is 2. The number of carbonyl (C=O) groups excluding carboxylic acids is 2. The number of nitrogens with zero attached hydrogens (tertiary/aromatic N) is 4. The maximum atomic E-state index is 13.6. The summed E-state index contributed by atoms with van der Waals surface area (Å²) in [4.78, 5) is 29.9. The molecule has 3 aromatic rings. The van der Waals surface area contributed by atoms with Crippen LogP contribution in [0.15, 0.2) is 47.5 Å². The van der Waals surface area contributed by atoms with Crippen molar-refractivity contribution in [2.45, 2.75) is 50.6 Å². The quantitative estimate of drug-likeness (QED) is 0.230. The first-order valence-corrected chi connectivity index (χ1v) is 14.4. The summed E-state index contributed by atoms with van der Waals surface area (Å²) in [7, 11) is 0. The highest BCUT2D eigenvalue weighted by Crippen LogP contribution is 2.39. The third-order valence-corrected chi connectivity index (χ3v) is 9.15. The molecule has 0 unspecified atom stereocenters. The van der Waals surface area contributed by atoms with Gasteiger partial charge in [0.1, 0.15) is 0 Å². The van der Waals surface area contributed by atoms with Crippen LogP contribution in [0.2, 0.25) is 0 Å². The largest absolute Gasteiger partial charge is 0.416 e. The van der Waals surface area contributed by atoms with Crippen LogP contribution < -0.4 is 0 Å². The van der Waals surface area contributed by atoms with Gasteiger partial charge < -0.3 is 4.90 Å². The fourth-order valence-corrected chi connectivity index (χ4v) is 7.01. The lowest BCUT2D eigenvalue weighted by molar-refractivity contribution is -0.143. The van der Waals surface area contributed by atoms with E-state index in [0.29, 0.717) is 40.0 Å². The third kappa shape index (κ3) is 5.68. The maximum absolute atomic E-state index is 13.6. The van der Waals surface area contributed by atoms with Crippen molar-refractivity contribution in [3.8, 4) is 0 Å². The number of aromatic nitrogens is 2. The first-order valence-electron chi connectivity index (χ1n) is 13.6. The highest BCUT2D eigenvalue weighted by Gasteiger charge is 2.40. The number of imide groups is 1. The number of alkyl halides is 6. The molecular weight excluding hydrogens is 582 g/mol. The maximum Gasteiger partial charge on any atom is 0.416 e. The van der Waals surface area contributed by atoms with Gasteiger partial charge in [0, 0.05) is 24.5 Å². The Morgan fingerprint density at radius 3 is 2.55 bits per heavy atom. The van der Waals surface area contributed by atoms with E-state index in [0.717, 1.165) is 43.8 Å². The van der Waals surface area contributed by atoms with Crippen molar-refractivity contribution in [1.82, 2.24) is 19.6 Å². The van der Waals surface area contributed by atoms with Crippen molar-refractivity contribution in [1.29, 1.82) is 0 Å². The number of thioether (sulfide) groups is 1. The first-order chi connectivity index (χ1) is 19.9. The Morgan fingerprint density at radius 2 is 1.79 bits per heavy atom. The van der Waals surface area contributed by atoms with E-state index < -0.39 is 30.0 Å². The monoisotopic (exact) mass is 608 g/mol. The van der Waals surface area contributed by atoms with Gasteiger partial charge in [0.25, 0.3) is 11.1 Å². The zero-order valence-corrected chi connectivity index (χ0v) is 23.0. The zero-order valence-electron chi connectivity index (χ0n) is 22.2. The molecule has 4 heterocycles. The number of hydrogen-bond donors (Lipinski definition) is 0. The van der Waals surface area contributed by atoms with E-state index in [2.05, 4.69) is 10.00 Å². The van der Waals surface area contributed by atoms with Crippen LogP contribution in [0, 0.1) is 5.92 Å². The zero-order chi connectivity index (χ0) is 29.8. The third-order valence-electron chi connectivity index (χ3n) is 8.24. The summed E-state index contributed by atoms with van der Waals surface area (Å²) in [6.07, 6.45) is -2.38. The molecule has 13 heteroatoms. The summed E-state index contributed by atoms with van der Waals surface area (Å²) < 4.78 is 81.2. The second kappa shape index (κ2) is 10.7. The molecule has 2 atom stereocenters. The number of carbonyl (C=O) groups is 2. The van der Waals surface area contributed by atoms with Crippen LogP contribution in [-0.4, -0.2) is 56.4 Å². The van der Waals surface area contributed by atoms with Gasteiger partial charge in [-0.05, 0) is 91.4 Å². The molecule has 3 aliphatic rings. The Bertz CT molecular complexity index is 1580. The first kappa shape index (κ1) is 28.8. The topological polar surface area (TPSA) is 58.4 Å². The Kier molecular flexibility index (Phi) is 7.37. The molecule has 0 spiro atoms. The molecule has 0 bridgehead atoms. The van der Waals surface area contributed by atoms with Crippen molar-refractivity contribution in [3.63, 3.8) is 0 Å². The van der Waals surface area contributed by atoms with Crippen LogP contribution in [0.4, 0.5) is 31.1 Å². The van der Waals surface area contributed by atoms with Crippen molar-refractivity contribution >= 4 is 39.9 Å². The van der Waals surface area contributed by atoms with Gasteiger partial charge in [-0.15, -0.1) is 0 Å². The van der Waals surface area contributed by atoms with E-state index in [9.17, 15) is 35.9 Å². The molecule has 1 aromatic heterocycles. The van der Waals surface area contributed by atoms with Gasteiger partial charge >= 0.3 is 12.4 Å². The Labute approximate surface area is 241 Å². The molecule has 0 N–H and O–H groups in total. The van der Waals surface area contributed by atoms with E-state index in [1.54, 1.807) is 24.3 Å². The highest BCUT2D eigenvalue weighted by atomic mass is 32.2.